The van der Waals surface area contributed by atoms with Gasteiger partial charge in [0.05, 0.1) is 6.26 Å². The lowest BCUT2D eigenvalue weighted by molar-refractivity contribution is 0.263. The lowest BCUT2D eigenvalue weighted by atomic mass is 9.84. The first-order chi connectivity index (χ1) is 8.75. The SMILES string of the molecule is CC(CCc1ccco1)N[C@H](C)C1CCCCC1. The summed E-state index contributed by atoms with van der Waals surface area (Å²) in [4.78, 5) is 0. The molecule has 2 nitrogen and oxygen atoms in total. The molecule has 0 bridgehead atoms. The number of hydrogen-bond acceptors (Lipinski definition) is 2. The predicted molar refractivity (Wildman–Crippen MR) is 75.7 cm³/mol. The molecule has 102 valence electrons. The van der Waals surface area contributed by atoms with Crippen molar-refractivity contribution in [3.05, 3.63) is 24.2 Å². The van der Waals surface area contributed by atoms with Gasteiger partial charge in [0.1, 0.15) is 5.76 Å². The second-order valence-electron chi connectivity index (χ2n) is 5.87. The highest BCUT2D eigenvalue weighted by Gasteiger charge is 2.20. The van der Waals surface area contributed by atoms with Crippen molar-refractivity contribution in [1.29, 1.82) is 0 Å². The molecule has 0 radical (unpaired) electrons. The second kappa shape index (κ2) is 6.98. The lowest BCUT2D eigenvalue weighted by Gasteiger charge is -2.30. The van der Waals surface area contributed by atoms with Gasteiger partial charge in [0.25, 0.3) is 0 Å². The molecule has 1 heterocycles. The lowest BCUT2D eigenvalue weighted by Crippen LogP contribution is -2.40. The molecular formula is C16H27NO. The van der Waals surface area contributed by atoms with Crippen molar-refractivity contribution in [1.82, 2.24) is 5.32 Å². The van der Waals surface area contributed by atoms with Gasteiger partial charge in [-0.15, -0.1) is 0 Å². The van der Waals surface area contributed by atoms with Gasteiger partial charge in [-0.3, -0.25) is 0 Å². The van der Waals surface area contributed by atoms with Gasteiger partial charge in [0, 0.05) is 18.5 Å². The first kappa shape index (κ1) is 13.7. The van der Waals surface area contributed by atoms with E-state index >= 15 is 0 Å². The van der Waals surface area contributed by atoms with E-state index in [9.17, 15) is 0 Å². The minimum atomic E-state index is 0.576. The fourth-order valence-corrected chi connectivity index (χ4v) is 3.12. The minimum Gasteiger partial charge on any atom is -0.469 e. The molecule has 1 aliphatic rings. The number of furan rings is 1. The van der Waals surface area contributed by atoms with Gasteiger partial charge in [-0.1, -0.05) is 19.3 Å². The number of hydrogen-bond donors (Lipinski definition) is 1. The van der Waals surface area contributed by atoms with Crippen molar-refractivity contribution >= 4 is 0 Å². The summed E-state index contributed by atoms with van der Waals surface area (Å²) in [6, 6.07) is 5.28. The van der Waals surface area contributed by atoms with Crippen molar-refractivity contribution in [3.63, 3.8) is 0 Å². The predicted octanol–water partition coefficient (Wildman–Crippen LogP) is 4.16. The average molecular weight is 249 g/mol. The number of nitrogens with one attached hydrogen (secondary N) is 1. The summed E-state index contributed by atoms with van der Waals surface area (Å²) in [5.41, 5.74) is 0. The Labute approximate surface area is 111 Å². The average Bonchev–Trinajstić information content (AvgIpc) is 2.90. The molecule has 1 aliphatic carbocycles. The van der Waals surface area contributed by atoms with E-state index in [4.69, 9.17) is 4.42 Å². The molecule has 0 spiro atoms. The Balaban J connectivity index is 1.67. The number of rotatable bonds is 6. The van der Waals surface area contributed by atoms with Crippen LogP contribution in [0.3, 0.4) is 0 Å². The van der Waals surface area contributed by atoms with Crippen LogP contribution in [0.4, 0.5) is 0 Å². The van der Waals surface area contributed by atoms with Crippen LogP contribution in [0.2, 0.25) is 0 Å². The van der Waals surface area contributed by atoms with Gasteiger partial charge in [-0.2, -0.15) is 0 Å². The molecule has 0 saturated heterocycles. The van der Waals surface area contributed by atoms with Gasteiger partial charge in [-0.25, -0.2) is 0 Å². The van der Waals surface area contributed by atoms with Crippen LogP contribution in [-0.2, 0) is 6.42 Å². The molecule has 2 rings (SSSR count). The van der Waals surface area contributed by atoms with Gasteiger partial charge in [-0.05, 0) is 51.2 Å². The summed E-state index contributed by atoms with van der Waals surface area (Å²) >= 11 is 0. The van der Waals surface area contributed by atoms with Crippen LogP contribution >= 0.6 is 0 Å². The zero-order valence-electron chi connectivity index (χ0n) is 11.8. The summed E-state index contributed by atoms with van der Waals surface area (Å²) in [7, 11) is 0. The maximum absolute atomic E-state index is 5.38. The molecule has 1 aromatic heterocycles. The Morgan fingerprint density at radius 2 is 2.06 bits per heavy atom. The van der Waals surface area contributed by atoms with Gasteiger partial charge in [0.15, 0.2) is 0 Å². The van der Waals surface area contributed by atoms with Crippen molar-refractivity contribution < 1.29 is 4.42 Å². The zero-order valence-corrected chi connectivity index (χ0v) is 11.8. The Morgan fingerprint density at radius 1 is 1.28 bits per heavy atom. The molecule has 1 aromatic rings. The highest BCUT2D eigenvalue weighted by Crippen LogP contribution is 2.26. The van der Waals surface area contributed by atoms with Crippen LogP contribution in [0.5, 0.6) is 0 Å². The highest BCUT2D eigenvalue weighted by atomic mass is 16.3. The van der Waals surface area contributed by atoms with Gasteiger partial charge < -0.3 is 9.73 Å². The maximum Gasteiger partial charge on any atom is 0.103 e. The van der Waals surface area contributed by atoms with Crippen molar-refractivity contribution in [2.75, 3.05) is 0 Å². The summed E-state index contributed by atoms with van der Waals surface area (Å²) < 4.78 is 5.38. The summed E-state index contributed by atoms with van der Waals surface area (Å²) in [5, 5.41) is 3.77. The Kier molecular flexibility index (Phi) is 5.30. The Hall–Kier alpha value is -0.760. The molecular weight excluding hydrogens is 222 g/mol. The normalized spacial score (nSPS) is 20.8. The molecule has 0 aliphatic heterocycles. The zero-order chi connectivity index (χ0) is 12.8. The smallest absolute Gasteiger partial charge is 0.103 e. The quantitative estimate of drug-likeness (QED) is 0.819. The van der Waals surface area contributed by atoms with Crippen LogP contribution in [0, 0.1) is 5.92 Å². The van der Waals surface area contributed by atoms with E-state index in [0.29, 0.717) is 12.1 Å². The van der Waals surface area contributed by atoms with E-state index in [1.807, 2.05) is 6.07 Å². The van der Waals surface area contributed by atoms with Gasteiger partial charge in [0.2, 0.25) is 0 Å². The van der Waals surface area contributed by atoms with Crippen LogP contribution < -0.4 is 5.32 Å². The minimum absolute atomic E-state index is 0.576. The highest BCUT2D eigenvalue weighted by molar-refractivity contribution is 4.98. The summed E-state index contributed by atoms with van der Waals surface area (Å²) in [6.45, 7) is 4.65. The maximum atomic E-state index is 5.38. The van der Waals surface area contributed by atoms with Crippen LogP contribution in [0.15, 0.2) is 22.8 Å². The van der Waals surface area contributed by atoms with Crippen molar-refractivity contribution in [2.45, 2.75) is 70.9 Å². The Bertz CT molecular complexity index is 314. The summed E-state index contributed by atoms with van der Waals surface area (Å²) in [5.74, 6) is 2.00. The first-order valence-corrected chi connectivity index (χ1v) is 7.54. The molecule has 0 aromatic carbocycles. The summed E-state index contributed by atoms with van der Waals surface area (Å²) in [6.07, 6.45) is 11.1. The molecule has 2 atom stereocenters. The fourth-order valence-electron chi connectivity index (χ4n) is 3.12. The van der Waals surface area contributed by atoms with Crippen molar-refractivity contribution in [3.8, 4) is 0 Å². The fraction of sp³-hybridized carbons (Fsp3) is 0.750. The molecule has 18 heavy (non-hydrogen) atoms. The third-order valence-electron chi connectivity index (χ3n) is 4.31. The molecule has 2 heteroatoms. The van der Waals surface area contributed by atoms with Crippen LogP contribution in [-0.4, -0.2) is 12.1 Å². The Morgan fingerprint density at radius 3 is 2.72 bits per heavy atom. The third-order valence-corrected chi connectivity index (χ3v) is 4.31. The van der Waals surface area contributed by atoms with Crippen LogP contribution in [0.25, 0.3) is 0 Å². The van der Waals surface area contributed by atoms with Crippen LogP contribution in [0.1, 0.15) is 58.1 Å². The van der Waals surface area contributed by atoms with E-state index in [2.05, 4.69) is 25.2 Å². The first-order valence-electron chi connectivity index (χ1n) is 7.54. The molecule has 0 amide bonds. The van der Waals surface area contributed by atoms with Crippen molar-refractivity contribution in [2.24, 2.45) is 5.92 Å². The molecule has 1 saturated carbocycles. The van der Waals surface area contributed by atoms with E-state index in [1.54, 1.807) is 6.26 Å². The standard InChI is InChI=1S/C16H27NO/c1-13(10-11-16-9-6-12-18-16)17-14(2)15-7-4-3-5-8-15/h6,9,12-15,17H,3-5,7-8,10-11H2,1-2H3/t13?,14-/m1/s1. The van der Waals surface area contributed by atoms with E-state index < -0.39 is 0 Å². The molecule has 1 unspecified atom stereocenters. The second-order valence-corrected chi connectivity index (χ2v) is 5.87. The monoisotopic (exact) mass is 249 g/mol. The van der Waals surface area contributed by atoms with E-state index in [0.717, 1.165) is 24.5 Å². The molecule has 1 N–H and O–H groups in total. The topological polar surface area (TPSA) is 25.2 Å². The van der Waals surface area contributed by atoms with Gasteiger partial charge >= 0.3 is 0 Å². The van der Waals surface area contributed by atoms with E-state index in [1.165, 1.54) is 32.1 Å². The van der Waals surface area contributed by atoms with E-state index in [-0.39, 0.29) is 0 Å². The third kappa shape index (κ3) is 4.16. The molecule has 1 fully saturated rings. The largest absolute Gasteiger partial charge is 0.469 e. The number of aryl methyl sites for hydroxylation is 1.